The van der Waals surface area contributed by atoms with Crippen LogP contribution in [-0.2, 0) is 10.3 Å². The van der Waals surface area contributed by atoms with Gasteiger partial charge in [0.1, 0.15) is 0 Å². The Morgan fingerprint density at radius 2 is 2.31 bits per heavy atom. The Labute approximate surface area is 95.6 Å². The van der Waals surface area contributed by atoms with E-state index in [4.69, 9.17) is 9.26 Å². The van der Waals surface area contributed by atoms with Crippen LogP contribution in [0.3, 0.4) is 0 Å². The quantitative estimate of drug-likeness (QED) is 0.839. The Bertz CT molecular complexity index is 343. The number of ether oxygens (including phenoxy) is 1. The van der Waals surface area contributed by atoms with Crippen LogP contribution in [0.1, 0.15) is 44.8 Å². The molecule has 2 heterocycles. The van der Waals surface area contributed by atoms with Crippen molar-refractivity contribution in [3.05, 3.63) is 11.7 Å². The zero-order chi connectivity index (χ0) is 11.6. The number of hydrogen-bond acceptors (Lipinski definition) is 5. The summed E-state index contributed by atoms with van der Waals surface area (Å²) in [6, 6.07) is 0. The maximum Gasteiger partial charge on any atom is 0.246 e. The molecule has 1 fully saturated rings. The molecular formula is C11H19N3O2. The third-order valence-electron chi connectivity index (χ3n) is 2.89. The van der Waals surface area contributed by atoms with E-state index in [1.54, 1.807) is 0 Å². The molecule has 1 unspecified atom stereocenters. The molecule has 0 spiro atoms. The number of hydrogen-bond donors (Lipinski definition) is 1. The lowest BCUT2D eigenvalue weighted by Gasteiger charge is -2.20. The molecule has 2 rings (SSSR count). The van der Waals surface area contributed by atoms with E-state index < -0.39 is 0 Å². The average Bonchev–Trinajstić information content (AvgIpc) is 2.89. The monoisotopic (exact) mass is 225 g/mol. The summed E-state index contributed by atoms with van der Waals surface area (Å²) >= 11 is 0. The van der Waals surface area contributed by atoms with E-state index in [-0.39, 0.29) is 5.54 Å². The first-order valence-corrected chi connectivity index (χ1v) is 5.80. The van der Waals surface area contributed by atoms with Crippen molar-refractivity contribution in [1.82, 2.24) is 15.5 Å². The van der Waals surface area contributed by atoms with E-state index >= 15 is 0 Å². The van der Waals surface area contributed by atoms with Crippen molar-refractivity contribution in [2.45, 2.75) is 38.6 Å². The first-order chi connectivity index (χ1) is 7.63. The Hall–Kier alpha value is -0.940. The van der Waals surface area contributed by atoms with Crippen LogP contribution >= 0.6 is 0 Å². The lowest BCUT2D eigenvalue weighted by atomic mass is 10.1. The van der Waals surface area contributed by atoms with Gasteiger partial charge in [-0.1, -0.05) is 12.1 Å². The first-order valence-electron chi connectivity index (χ1n) is 5.80. The Morgan fingerprint density at radius 3 is 2.94 bits per heavy atom. The third kappa shape index (κ3) is 2.25. The van der Waals surface area contributed by atoms with Gasteiger partial charge in [-0.05, 0) is 26.8 Å². The first kappa shape index (κ1) is 11.5. The van der Waals surface area contributed by atoms with Gasteiger partial charge in [0.25, 0.3) is 0 Å². The minimum atomic E-state index is -0.264. The number of rotatable bonds is 4. The van der Waals surface area contributed by atoms with E-state index in [1.165, 1.54) is 0 Å². The summed E-state index contributed by atoms with van der Waals surface area (Å²) in [6.07, 6.45) is 0.987. The molecule has 5 heteroatoms. The molecule has 0 bridgehead atoms. The Kier molecular flexibility index (Phi) is 3.25. The Balaban J connectivity index is 2.12. The lowest BCUT2D eigenvalue weighted by molar-refractivity contribution is 0.192. The highest BCUT2D eigenvalue weighted by Crippen LogP contribution is 2.25. The van der Waals surface area contributed by atoms with E-state index in [0.717, 1.165) is 25.4 Å². The summed E-state index contributed by atoms with van der Waals surface area (Å²) in [5.74, 6) is 1.73. The van der Waals surface area contributed by atoms with Gasteiger partial charge < -0.3 is 14.6 Å². The molecule has 0 saturated carbocycles. The second-order valence-corrected chi connectivity index (χ2v) is 4.67. The normalized spacial score (nSPS) is 21.6. The molecule has 0 amide bonds. The van der Waals surface area contributed by atoms with E-state index in [0.29, 0.717) is 18.4 Å². The van der Waals surface area contributed by atoms with Crippen molar-refractivity contribution in [2.24, 2.45) is 0 Å². The smallest absolute Gasteiger partial charge is 0.246 e. The molecule has 0 aromatic carbocycles. The van der Waals surface area contributed by atoms with Crippen LogP contribution in [-0.4, -0.2) is 29.9 Å². The lowest BCUT2D eigenvalue weighted by Crippen LogP contribution is -2.36. The standard InChI is InChI=1S/C11H19N3O2/c1-4-12-11(2,3)10-13-9(14-16-10)8-5-6-15-7-8/h8,12H,4-7H2,1-3H3. The van der Waals surface area contributed by atoms with Gasteiger partial charge in [0.2, 0.25) is 5.89 Å². The van der Waals surface area contributed by atoms with Crippen molar-refractivity contribution in [2.75, 3.05) is 19.8 Å². The molecule has 1 aliphatic rings. The molecular weight excluding hydrogens is 206 g/mol. The molecule has 1 saturated heterocycles. The van der Waals surface area contributed by atoms with Crippen LogP contribution in [0.4, 0.5) is 0 Å². The summed E-state index contributed by atoms with van der Waals surface area (Å²) in [4.78, 5) is 4.46. The average molecular weight is 225 g/mol. The van der Waals surface area contributed by atoms with Gasteiger partial charge >= 0.3 is 0 Å². The number of nitrogens with zero attached hydrogens (tertiary/aromatic N) is 2. The minimum Gasteiger partial charge on any atom is -0.381 e. The maximum absolute atomic E-state index is 5.32. The summed E-state index contributed by atoms with van der Waals surface area (Å²) < 4.78 is 10.6. The van der Waals surface area contributed by atoms with Gasteiger partial charge in [0.15, 0.2) is 5.82 Å². The fraction of sp³-hybridized carbons (Fsp3) is 0.818. The van der Waals surface area contributed by atoms with Crippen LogP contribution in [0.2, 0.25) is 0 Å². The van der Waals surface area contributed by atoms with Gasteiger partial charge in [0, 0.05) is 12.5 Å². The zero-order valence-corrected chi connectivity index (χ0v) is 10.1. The topological polar surface area (TPSA) is 60.2 Å². The van der Waals surface area contributed by atoms with Crippen LogP contribution in [0, 0.1) is 0 Å². The van der Waals surface area contributed by atoms with Crippen LogP contribution in [0.15, 0.2) is 4.52 Å². The fourth-order valence-electron chi connectivity index (χ4n) is 1.91. The zero-order valence-electron chi connectivity index (χ0n) is 10.1. The van der Waals surface area contributed by atoms with Gasteiger partial charge in [-0.2, -0.15) is 4.98 Å². The van der Waals surface area contributed by atoms with E-state index in [1.807, 2.05) is 13.8 Å². The molecule has 90 valence electrons. The van der Waals surface area contributed by atoms with Crippen molar-refractivity contribution in [3.8, 4) is 0 Å². The SMILES string of the molecule is CCNC(C)(C)c1nc(C2CCOC2)no1. The van der Waals surface area contributed by atoms with Gasteiger partial charge in [-0.3, -0.25) is 0 Å². The van der Waals surface area contributed by atoms with Crippen molar-refractivity contribution in [1.29, 1.82) is 0 Å². The van der Waals surface area contributed by atoms with E-state index in [2.05, 4.69) is 22.4 Å². The third-order valence-corrected chi connectivity index (χ3v) is 2.89. The summed E-state index contributed by atoms with van der Waals surface area (Å²) in [5, 5.41) is 7.36. The predicted octanol–water partition coefficient (Wildman–Crippen LogP) is 1.42. The molecule has 1 N–H and O–H groups in total. The highest BCUT2D eigenvalue weighted by Gasteiger charge is 2.29. The molecule has 16 heavy (non-hydrogen) atoms. The predicted molar refractivity (Wildman–Crippen MR) is 59.2 cm³/mol. The highest BCUT2D eigenvalue weighted by molar-refractivity contribution is 5.03. The van der Waals surface area contributed by atoms with Crippen molar-refractivity contribution < 1.29 is 9.26 Å². The fourth-order valence-corrected chi connectivity index (χ4v) is 1.91. The van der Waals surface area contributed by atoms with Gasteiger partial charge in [-0.15, -0.1) is 0 Å². The number of aromatic nitrogens is 2. The molecule has 0 aliphatic carbocycles. The number of nitrogens with one attached hydrogen (secondary N) is 1. The molecule has 1 aliphatic heterocycles. The summed E-state index contributed by atoms with van der Waals surface area (Å²) in [6.45, 7) is 8.52. The molecule has 1 aromatic heterocycles. The van der Waals surface area contributed by atoms with Crippen LogP contribution in [0.25, 0.3) is 0 Å². The van der Waals surface area contributed by atoms with Gasteiger partial charge in [-0.25, -0.2) is 0 Å². The highest BCUT2D eigenvalue weighted by atomic mass is 16.5. The molecule has 1 aromatic rings. The van der Waals surface area contributed by atoms with Crippen molar-refractivity contribution >= 4 is 0 Å². The second-order valence-electron chi connectivity index (χ2n) is 4.67. The minimum absolute atomic E-state index is 0.264. The molecule has 5 nitrogen and oxygen atoms in total. The van der Waals surface area contributed by atoms with E-state index in [9.17, 15) is 0 Å². The Morgan fingerprint density at radius 1 is 1.50 bits per heavy atom. The van der Waals surface area contributed by atoms with Crippen molar-refractivity contribution in [3.63, 3.8) is 0 Å². The second kappa shape index (κ2) is 4.51. The largest absolute Gasteiger partial charge is 0.381 e. The van der Waals surface area contributed by atoms with Gasteiger partial charge in [0.05, 0.1) is 12.1 Å². The maximum atomic E-state index is 5.32. The molecule has 0 radical (unpaired) electrons. The van der Waals surface area contributed by atoms with Crippen LogP contribution < -0.4 is 5.32 Å². The summed E-state index contributed by atoms with van der Waals surface area (Å²) in [5.41, 5.74) is -0.264. The van der Waals surface area contributed by atoms with Crippen LogP contribution in [0.5, 0.6) is 0 Å². The molecule has 1 atom stereocenters. The summed E-state index contributed by atoms with van der Waals surface area (Å²) in [7, 11) is 0.